The maximum Gasteiger partial charge on any atom is 0.308 e. The minimum Gasteiger partial charge on any atom is -0.492 e. The molecule has 1 aliphatic heterocycles. The highest BCUT2D eigenvalue weighted by molar-refractivity contribution is 5.70. The Kier molecular flexibility index (Phi) is 4.72. The molecule has 0 spiro atoms. The molecule has 0 saturated heterocycles. The van der Waals surface area contributed by atoms with E-state index in [0.717, 1.165) is 5.56 Å². The van der Waals surface area contributed by atoms with E-state index in [4.69, 9.17) is 14.2 Å². The van der Waals surface area contributed by atoms with Crippen LogP contribution in [0.1, 0.15) is 37.0 Å². The van der Waals surface area contributed by atoms with Gasteiger partial charge < -0.3 is 19.3 Å². The molecule has 0 aliphatic carbocycles. The number of benzene rings is 2. The first-order chi connectivity index (χ1) is 11.9. The van der Waals surface area contributed by atoms with E-state index in [1.165, 1.54) is 13.8 Å². The summed E-state index contributed by atoms with van der Waals surface area (Å²) in [6.45, 7) is 2.95. The van der Waals surface area contributed by atoms with Gasteiger partial charge in [0.1, 0.15) is 17.2 Å². The average Bonchev–Trinajstić information content (AvgIpc) is 2.55. The van der Waals surface area contributed by atoms with Crippen LogP contribution in [0.15, 0.2) is 42.5 Å². The van der Waals surface area contributed by atoms with Crippen molar-refractivity contribution in [2.24, 2.45) is 0 Å². The quantitative estimate of drug-likeness (QED) is 0.682. The molecular weight excluding hydrogens is 324 g/mol. The number of esters is 2. The van der Waals surface area contributed by atoms with Gasteiger partial charge in [-0.15, -0.1) is 0 Å². The van der Waals surface area contributed by atoms with E-state index in [-0.39, 0.29) is 18.5 Å². The summed E-state index contributed by atoms with van der Waals surface area (Å²) in [6.07, 6.45) is -0.755. The van der Waals surface area contributed by atoms with Crippen LogP contribution in [0, 0.1) is 0 Å². The lowest BCUT2D eigenvalue weighted by Crippen LogP contribution is -2.24. The standard InChI is InChI=1S/C19H18O6/c1-11(20)24-14-5-3-13(4-6-14)17-10-23-18-9-15(25-12(2)21)7-8-16(18)19(17)22/h3-9,17,19,22H,10H2,1-2H3. The van der Waals surface area contributed by atoms with E-state index in [2.05, 4.69) is 0 Å². The first kappa shape index (κ1) is 17.0. The van der Waals surface area contributed by atoms with Crippen molar-refractivity contribution in [2.45, 2.75) is 25.9 Å². The van der Waals surface area contributed by atoms with Crippen LogP contribution < -0.4 is 14.2 Å². The van der Waals surface area contributed by atoms with Gasteiger partial charge in [0.15, 0.2) is 0 Å². The highest BCUT2D eigenvalue weighted by Crippen LogP contribution is 2.42. The summed E-state index contributed by atoms with van der Waals surface area (Å²) in [5.41, 5.74) is 1.51. The molecule has 1 heterocycles. The summed E-state index contributed by atoms with van der Waals surface area (Å²) in [5.74, 6) is 0.280. The van der Waals surface area contributed by atoms with Crippen molar-refractivity contribution >= 4 is 11.9 Å². The lowest BCUT2D eigenvalue weighted by Gasteiger charge is -2.30. The SMILES string of the molecule is CC(=O)Oc1ccc(C2COc3cc(OC(C)=O)ccc3C2O)cc1. The Morgan fingerprint density at radius 1 is 1.00 bits per heavy atom. The van der Waals surface area contributed by atoms with Crippen molar-refractivity contribution in [3.05, 3.63) is 53.6 Å². The van der Waals surface area contributed by atoms with Gasteiger partial charge in [-0.2, -0.15) is 0 Å². The van der Waals surface area contributed by atoms with E-state index in [1.807, 2.05) is 0 Å². The number of ether oxygens (including phenoxy) is 3. The van der Waals surface area contributed by atoms with Crippen LogP contribution in [0.3, 0.4) is 0 Å². The van der Waals surface area contributed by atoms with Gasteiger partial charge in [-0.3, -0.25) is 9.59 Å². The molecule has 0 radical (unpaired) electrons. The minimum absolute atomic E-state index is 0.251. The van der Waals surface area contributed by atoms with E-state index in [9.17, 15) is 14.7 Å². The van der Waals surface area contributed by atoms with Crippen molar-refractivity contribution in [3.8, 4) is 17.2 Å². The number of carbonyl (C=O) groups excluding carboxylic acids is 2. The largest absolute Gasteiger partial charge is 0.492 e. The van der Waals surface area contributed by atoms with Gasteiger partial charge in [-0.25, -0.2) is 0 Å². The van der Waals surface area contributed by atoms with Gasteiger partial charge in [-0.1, -0.05) is 12.1 Å². The van der Waals surface area contributed by atoms with Crippen molar-refractivity contribution in [1.82, 2.24) is 0 Å². The van der Waals surface area contributed by atoms with Crippen LogP contribution in [0.25, 0.3) is 0 Å². The molecule has 2 atom stereocenters. The Labute approximate surface area is 144 Å². The second kappa shape index (κ2) is 6.94. The lowest BCUT2D eigenvalue weighted by atomic mass is 9.87. The fraction of sp³-hybridized carbons (Fsp3) is 0.263. The summed E-state index contributed by atoms with van der Waals surface area (Å²) in [6, 6.07) is 11.9. The molecule has 3 rings (SSSR count). The Hall–Kier alpha value is -2.86. The molecule has 0 fully saturated rings. The Balaban J connectivity index is 1.80. The molecule has 6 nitrogen and oxygen atoms in total. The smallest absolute Gasteiger partial charge is 0.308 e. The third-order valence-corrected chi connectivity index (χ3v) is 3.93. The van der Waals surface area contributed by atoms with Gasteiger partial charge in [0.2, 0.25) is 0 Å². The molecule has 0 saturated carbocycles. The predicted molar refractivity (Wildman–Crippen MR) is 88.7 cm³/mol. The van der Waals surface area contributed by atoms with Crippen molar-refractivity contribution in [1.29, 1.82) is 0 Å². The molecule has 1 aliphatic rings. The van der Waals surface area contributed by atoms with Crippen molar-refractivity contribution < 1.29 is 28.9 Å². The molecule has 1 N–H and O–H groups in total. The first-order valence-corrected chi connectivity index (χ1v) is 7.85. The summed E-state index contributed by atoms with van der Waals surface area (Å²) in [7, 11) is 0. The molecule has 25 heavy (non-hydrogen) atoms. The highest BCUT2D eigenvalue weighted by Gasteiger charge is 2.31. The zero-order valence-electron chi connectivity index (χ0n) is 13.9. The number of carbonyl (C=O) groups is 2. The van der Waals surface area contributed by atoms with Gasteiger partial charge >= 0.3 is 11.9 Å². The molecule has 2 aromatic carbocycles. The molecule has 2 aromatic rings. The lowest BCUT2D eigenvalue weighted by molar-refractivity contribution is -0.132. The van der Waals surface area contributed by atoms with Crippen LogP contribution in [-0.2, 0) is 9.59 Å². The van der Waals surface area contributed by atoms with Gasteiger partial charge in [0.25, 0.3) is 0 Å². The summed E-state index contributed by atoms with van der Waals surface area (Å²) in [4.78, 5) is 22.0. The van der Waals surface area contributed by atoms with Crippen molar-refractivity contribution in [2.75, 3.05) is 6.61 Å². The first-order valence-electron chi connectivity index (χ1n) is 7.85. The van der Waals surface area contributed by atoms with Gasteiger partial charge in [0, 0.05) is 31.4 Å². The third-order valence-electron chi connectivity index (χ3n) is 3.93. The third kappa shape index (κ3) is 3.80. The molecule has 0 amide bonds. The topological polar surface area (TPSA) is 82.1 Å². The number of aliphatic hydroxyl groups excluding tert-OH is 1. The van der Waals surface area contributed by atoms with Crippen LogP contribution in [0.2, 0.25) is 0 Å². The number of hydrogen-bond acceptors (Lipinski definition) is 6. The van der Waals surface area contributed by atoms with E-state index in [0.29, 0.717) is 22.8 Å². The van der Waals surface area contributed by atoms with Crippen LogP contribution in [-0.4, -0.2) is 23.7 Å². The molecule has 0 bridgehead atoms. The van der Waals surface area contributed by atoms with E-state index in [1.54, 1.807) is 42.5 Å². The minimum atomic E-state index is -0.755. The Morgan fingerprint density at radius 2 is 1.60 bits per heavy atom. The number of fused-ring (bicyclic) bond motifs is 1. The van der Waals surface area contributed by atoms with Crippen LogP contribution >= 0.6 is 0 Å². The summed E-state index contributed by atoms with van der Waals surface area (Å²) in [5, 5.41) is 10.7. The fourth-order valence-electron chi connectivity index (χ4n) is 2.83. The van der Waals surface area contributed by atoms with Gasteiger partial charge in [-0.05, 0) is 29.8 Å². The maximum absolute atomic E-state index is 11.0. The van der Waals surface area contributed by atoms with Crippen molar-refractivity contribution in [3.63, 3.8) is 0 Å². The molecule has 6 heteroatoms. The molecule has 2 unspecified atom stereocenters. The molecular formula is C19H18O6. The number of rotatable bonds is 3. The number of aliphatic hydroxyl groups is 1. The summed E-state index contributed by atoms with van der Waals surface area (Å²) >= 11 is 0. The Bertz CT molecular complexity index is 796. The predicted octanol–water partition coefficient (Wildman–Crippen LogP) is 2.75. The monoisotopic (exact) mass is 342 g/mol. The van der Waals surface area contributed by atoms with Gasteiger partial charge in [0.05, 0.1) is 12.7 Å². The van der Waals surface area contributed by atoms with E-state index >= 15 is 0 Å². The Morgan fingerprint density at radius 3 is 2.24 bits per heavy atom. The normalized spacial score (nSPS) is 18.7. The second-order valence-electron chi connectivity index (χ2n) is 5.82. The average molecular weight is 342 g/mol. The van der Waals surface area contributed by atoms with Crippen LogP contribution in [0.4, 0.5) is 0 Å². The van der Waals surface area contributed by atoms with Crippen LogP contribution in [0.5, 0.6) is 17.2 Å². The highest BCUT2D eigenvalue weighted by atomic mass is 16.5. The zero-order valence-corrected chi connectivity index (χ0v) is 13.9. The second-order valence-corrected chi connectivity index (χ2v) is 5.82. The molecule has 0 aromatic heterocycles. The molecule has 130 valence electrons. The zero-order chi connectivity index (χ0) is 18.0. The fourth-order valence-corrected chi connectivity index (χ4v) is 2.83. The number of hydrogen-bond donors (Lipinski definition) is 1. The maximum atomic E-state index is 11.0. The summed E-state index contributed by atoms with van der Waals surface area (Å²) < 4.78 is 15.8. The van der Waals surface area contributed by atoms with E-state index < -0.39 is 12.1 Å².